The zero-order valence-electron chi connectivity index (χ0n) is 15.1. The van der Waals surface area contributed by atoms with E-state index in [-0.39, 0.29) is 6.03 Å². The van der Waals surface area contributed by atoms with Crippen LogP contribution in [0.15, 0.2) is 42.7 Å². The standard InChI is InChI=1S/C20H23ClN4O/c1-3-12-25-13-15(16-6-5-10-22-19(16)25)9-11-23-20(26)24-18-8-4-7-17(21)14(18)2/h4-8,10,13H,3,9,11-12H2,1-2H3,(H2,23,24,26). The quantitative estimate of drug-likeness (QED) is 0.656. The topological polar surface area (TPSA) is 59.0 Å². The fourth-order valence-corrected chi connectivity index (χ4v) is 3.20. The van der Waals surface area contributed by atoms with E-state index in [4.69, 9.17) is 11.6 Å². The van der Waals surface area contributed by atoms with E-state index in [0.29, 0.717) is 11.6 Å². The van der Waals surface area contributed by atoms with Gasteiger partial charge in [0, 0.05) is 41.6 Å². The van der Waals surface area contributed by atoms with Gasteiger partial charge in [-0.25, -0.2) is 9.78 Å². The zero-order valence-corrected chi connectivity index (χ0v) is 15.8. The normalized spacial score (nSPS) is 10.9. The van der Waals surface area contributed by atoms with Crippen LogP contribution in [0.3, 0.4) is 0 Å². The molecule has 0 bridgehead atoms. The number of carbonyl (C=O) groups is 1. The van der Waals surface area contributed by atoms with Crippen molar-refractivity contribution in [3.63, 3.8) is 0 Å². The number of hydrogen-bond donors (Lipinski definition) is 2. The van der Waals surface area contributed by atoms with E-state index in [1.807, 2.05) is 31.3 Å². The number of rotatable bonds is 6. The number of anilines is 1. The SMILES string of the molecule is CCCn1cc(CCNC(=O)Nc2cccc(Cl)c2C)c2cccnc21. The Morgan fingerprint density at radius 3 is 2.92 bits per heavy atom. The number of benzene rings is 1. The molecule has 3 aromatic rings. The fraction of sp³-hybridized carbons (Fsp3) is 0.300. The average Bonchev–Trinajstić information content (AvgIpc) is 2.98. The van der Waals surface area contributed by atoms with Gasteiger partial charge < -0.3 is 15.2 Å². The van der Waals surface area contributed by atoms with Crippen LogP contribution < -0.4 is 10.6 Å². The molecule has 5 nitrogen and oxygen atoms in total. The predicted molar refractivity (Wildman–Crippen MR) is 107 cm³/mol. The van der Waals surface area contributed by atoms with E-state index in [9.17, 15) is 4.79 Å². The third-order valence-electron chi connectivity index (χ3n) is 4.38. The molecule has 2 heterocycles. The molecule has 0 radical (unpaired) electrons. The van der Waals surface area contributed by atoms with Gasteiger partial charge >= 0.3 is 6.03 Å². The number of carbonyl (C=O) groups excluding carboxylic acids is 1. The first kappa shape index (κ1) is 18.3. The van der Waals surface area contributed by atoms with E-state index in [0.717, 1.165) is 41.7 Å². The maximum absolute atomic E-state index is 12.2. The summed E-state index contributed by atoms with van der Waals surface area (Å²) in [5.41, 5.74) is 3.78. The maximum atomic E-state index is 12.2. The maximum Gasteiger partial charge on any atom is 0.319 e. The predicted octanol–water partition coefficient (Wildman–Crippen LogP) is 4.77. The summed E-state index contributed by atoms with van der Waals surface area (Å²) in [5, 5.41) is 7.54. The van der Waals surface area contributed by atoms with E-state index in [1.54, 1.807) is 6.07 Å². The molecule has 2 N–H and O–H groups in total. The number of halogens is 1. The number of nitrogens with one attached hydrogen (secondary N) is 2. The van der Waals surface area contributed by atoms with Crippen LogP contribution in [0.2, 0.25) is 5.02 Å². The van der Waals surface area contributed by atoms with Crippen molar-refractivity contribution in [2.24, 2.45) is 0 Å². The first-order chi connectivity index (χ1) is 12.6. The van der Waals surface area contributed by atoms with Gasteiger partial charge in [0.2, 0.25) is 0 Å². The van der Waals surface area contributed by atoms with Crippen LogP contribution in [-0.4, -0.2) is 22.1 Å². The van der Waals surface area contributed by atoms with Crippen molar-refractivity contribution in [1.29, 1.82) is 0 Å². The minimum atomic E-state index is -0.231. The highest BCUT2D eigenvalue weighted by atomic mass is 35.5. The fourth-order valence-electron chi connectivity index (χ4n) is 3.03. The van der Waals surface area contributed by atoms with Crippen molar-refractivity contribution < 1.29 is 4.79 Å². The third kappa shape index (κ3) is 3.99. The number of fused-ring (bicyclic) bond motifs is 1. The second kappa shape index (κ2) is 8.23. The summed E-state index contributed by atoms with van der Waals surface area (Å²) in [6.45, 7) is 5.52. The Labute approximate surface area is 158 Å². The average molecular weight is 371 g/mol. The minimum Gasteiger partial charge on any atom is -0.338 e. The number of aromatic nitrogens is 2. The molecule has 0 aliphatic carbocycles. The molecule has 0 spiro atoms. The molecule has 0 saturated carbocycles. The summed E-state index contributed by atoms with van der Waals surface area (Å²) in [6.07, 6.45) is 5.76. The van der Waals surface area contributed by atoms with Gasteiger partial charge in [-0.05, 0) is 55.2 Å². The lowest BCUT2D eigenvalue weighted by Gasteiger charge is -2.10. The summed E-state index contributed by atoms with van der Waals surface area (Å²) in [5.74, 6) is 0. The van der Waals surface area contributed by atoms with Crippen LogP contribution in [0.5, 0.6) is 0 Å². The second-order valence-electron chi connectivity index (χ2n) is 6.27. The summed E-state index contributed by atoms with van der Waals surface area (Å²) >= 11 is 6.09. The summed E-state index contributed by atoms with van der Waals surface area (Å²) in [6, 6.07) is 9.26. The third-order valence-corrected chi connectivity index (χ3v) is 4.79. The van der Waals surface area contributed by atoms with Crippen LogP contribution in [-0.2, 0) is 13.0 Å². The van der Waals surface area contributed by atoms with Crippen molar-refractivity contribution in [2.75, 3.05) is 11.9 Å². The highest BCUT2D eigenvalue weighted by Crippen LogP contribution is 2.23. The van der Waals surface area contributed by atoms with Gasteiger partial charge in [-0.2, -0.15) is 0 Å². The van der Waals surface area contributed by atoms with E-state index < -0.39 is 0 Å². The van der Waals surface area contributed by atoms with Crippen LogP contribution in [0.1, 0.15) is 24.5 Å². The Morgan fingerprint density at radius 2 is 2.12 bits per heavy atom. The molecule has 0 aliphatic rings. The number of nitrogens with zero attached hydrogens (tertiary/aromatic N) is 2. The zero-order chi connectivity index (χ0) is 18.5. The molecule has 0 atom stereocenters. The van der Waals surface area contributed by atoms with Crippen molar-refractivity contribution in [2.45, 2.75) is 33.2 Å². The second-order valence-corrected chi connectivity index (χ2v) is 6.67. The lowest BCUT2D eigenvalue weighted by molar-refractivity contribution is 0.252. The first-order valence-electron chi connectivity index (χ1n) is 8.83. The van der Waals surface area contributed by atoms with Gasteiger partial charge in [0.15, 0.2) is 0 Å². The largest absolute Gasteiger partial charge is 0.338 e. The van der Waals surface area contributed by atoms with Crippen molar-refractivity contribution in [3.05, 3.63) is 58.9 Å². The molecule has 2 amide bonds. The summed E-state index contributed by atoms with van der Waals surface area (Å²) in [4.78, 5) is 16.6. The summed E-state index contributed by atoms with van der Waals surface area (Å²) < 4.78 is 2.18. The highest BCUT2D eigenvalue weighted by molar-refractivity contribution is 6.31. The molecular weight excluding hydrogens is 348 g/mol. The smallest absolute Gasteiger partial charge is 0.319 e. The van der Waals surface area contributed by atoms with E-state index >= 15 is 0 Å². The van der Waals surface area contributed by atoms with Crippen molar-refractivity contribution in [1.82, 2.24) is 14.9 Å². The number of pyridine rings is 1. The van der Waals surface area contributed by atoms with Crippen LogP contribution in [0.4, 0.5) is 10.5 Å². The molecule has 0 unspecified atom stereocenters. The Kier molecular flexibility index (Phi) is 5.78. The molecular formula is C20H23ClN4O. The molecule has 1 aromatic carbocycles. The van der Waals surface area contributed by atoms with Crippen LogP contribution >= 0.6 is 11.6 Å². The number of hydrogen-bond acceptors (Lipinski definition) is 2. The van der Waals surface area contributed by atoms with Crippen molar-refractivity contribution in [3.8, 4) is 0 Å². The highest BCUT2D eigenvalue weighted by Gasteiger charge is 2.10. The van der Waals surface area contributed by atoms with E-state index in [2.05, 4.69) is 39.4 Å². The Bertz CT molecular complexity index is 919. The molecule has 0 aliphatic heterocycles. The van der Waals surface area contributed by atoms with Crippen LogP contribution in [0.25, 0.3) is 11.0 Å². The van der Waals surface area contributed by atoms with Crippen LogP contribution in [0, 0.1) is 6.92 Å². The molecule has 136 valence electrons. The van der Waals surface area contributed by atoms with Gasteiger partial charge in [-0.3, -0.25) is 0 Å². The summed E-state index contributed by atoms with van der Waals surface area (Å²) in [7, 11) is 0. The lowest BCUT2D eigenvalue weighted by atomic mass is 10.1. The number of amides is 2. The monoisotopic (exact) mass is 370 g/mol. The van der Waals surface area contributed by atoms with Gasteiger partial charge in [0.05, 0.1) is 0 Å². The Balaban J connectivity index is 1.62. The minimum absolute atomic E-state index is 0.231. The Morgan fingerprint density at radius 1 is 1.27 bits per heavy atom. The molecule has 2 aromatic heterocycles. The molecule has 6 heteroatoms. The molecule has 0 saturated heterocycles. The molecule has 0 fully saturated rings. The van der Waals surface area contributed by atoms with Gasteiger partial charge in [-0.15, -0.1) is 0 Å². The number of aryl methyl sites for hydroxylation is 1. The first-order valence-corrected chi connectivity index (χ1v) is 9.20. The van der Waals surface area contributed by atoms with Gasteiger partial charge in [0.1, 0.15) is 5.65 Å². The Hall–Kier alpha value is -2.53. The number of urea groups is 1. The molecule has 26 heavy (non-hydrogen) atoms. The lowest BCUT2D eigenvalue weighted by Crippen LogP contribution is -2.30. The van der Waals surface area contributed by atoms with Gasteiger partial charge in [-0.1, -0.05) is 24.6 Å². The van der Waals surface area contributed by atoms with E-state index in [1.165, 1.54) is 5.56 Å². The van der Waals surface area contributed by atoms with Crippen molar-refractivity contribution >= 4 is 34.4 Å². The van der Waals surface area contributed by atoms with Gasteiger partial charge in [0.25, 0.3) is 0 Å². The molecule has 3 rings (SSSR count).